The van der Waals surface area contributed by atoms with Gasteiger partial charge in [-0.25, -0.2) is 4.98 Å². The van der Waals surface area contributed by atoms with Crippen LogP contribution in [-0.2, 0) is 0 Å². The van der Waals surface area contributed by atoms with E-state index in [1.54, 1.807) is 11.3 Å². The monoisotopic (exact) mass is 407 g/mol. The molecule has 0 aliphatic carbocycles. The van der Waals surface area contributed by atoms with Crippen LogP contribution in [-0.4, -0.2) is 16.1 Å². The van der Waals surface area contributed by atoms with Crippen LogP contribution in [0.3, 0.4) is 0 Å². The number of nitro benzene ring substituents is 1. The van der Waals surface area contributed by atoms with Gasteiger partial charge in [0.2, 0.25) is 0 Å². The number of aliphatic imine (C=N–C) groups is 1. The molecule has 0 fully saturated rings. The van der Waals surface area contributed by atoms with Crippen LogP contribution in [0.2, 0.25) is 5.02 Å². The predicted molar refractivity (Wildman–Crippen MR) is 115 cm³/mol. The number of rotatable bonds is 4. The van der Waals surface area contributed by atoms with E-state index in [-0.39, 0.29) is 5.69 Å². The smallest absolute Gasteiger partial charge is 0.258 e. The van der Waals surface area contributed by atoms with Crippen molar-refractivity contribution in [3.8, 4) is 10.6 Å². The topological polar surface area (TPSA) is 68.4 Å². The molecule has 0 saturated heterocycles. The van der Waals surface area contributed by atoms with Crippen LogP contribution in [0.1, 0.15) is 11.1 Å². The Hall–Kier alpha value is -3.09. The van der Waals surface area contributed by atoms with Gasteiger partial charge in [0.05, 0.1) is 20.8 Å². The summed E-state index contributed by atoms with van der Waals surface area (Å²) in [5.74, 6) is 0. The molecule has 3 aromatic carbocycles. The molecular weight excluding hydrogens is 394 g/mol. The van der Waals surface area contributed by atoms with E-state index >= 15 is 0 Å². The molecule has 0 spiro atoms. The van der Waals surface area contributed by atoms with Gasteiger partial charge >= 0.3 is 0 Å². The number of hydrogen-bond acceptors (Lipinski definition) is 5. The molecule has 0 bridgehead atoms. The van der Waals surface area contributed by atoms with E-state index in [0.29, 0.717) is 10.6 Å². The number of halogens is 1. The van der Waals surface area contributed by atoms with Crippen molar-refractivity contribution in [2.24, 2.45) is 4.99 Å². The number of fused-ring (bicyclic) bond motifs is 1. The first-order valence-corrected chi connectivity index (χ1v) is 9.65. The van der Waals surface area contributed by atoms with Crippen molar-refractivity contribution < 1.29 is 4.92 Å². The summed E-state index contributed by atoms with van der Waals surface area (Å²) in [5, 5.41) is 12.3. The minimum absolute atomic E-state index is 0.0210. The van der Waals surface area contributed by atoms with Gasteiger partial charge in [-0.3, -0.25) is 15.1 Å². The molecule has 4 rings (SSSR count). The lowest BCUT2D eigenvalue weighted by atomic mass is 10.2. The third-order valence-electron chi connectivity index (χ3n) is 4.20. The second-order valence-corrected chi connectivity index (χ2v) is 7.70. The number of aromatic nitrogens is 1. The first-order valence-electron chi connectivity index (χ1n) is 8.45. The molecule has 0 saturated carbocycles. The van der Waals surface area contributed by atoms with E-state index < -0.39 is 4.92 Å². The molecule has 138 valence electrons. The molecule has 0 unspecified atom stereocenters. The van der Waals surface area contributed by atoms with Gasteiger partial charge in [-0.15, -0.1) is 11.3 Å². The highest BCUT2D eigenvalue weighted by atomic mass is 35.5. The summed E-state index contributed by atoms with van der Waals surface area (Å²) in [7, 11) is 0. The SMILES string of the molecule is Cc1ccc2nc(-c3ccc(N=Cc4cc([N+](=O)[O-])ccc4Cl)cc3)sc2c1. The summed E-state index contributed by atoms with van der Waals surface area (Å²) in [4.78, 5) is 19.5. The van der Waals surface area contributed by atoms with Crippen LogP contribution in [0.15, 0.2) is 65.7 Å². The van der Waals surface area contributed by atoms with Gasteiger partial charge < -0.3 is 0 Å². The molecule has 0 atom stereocenters. The van der Waals surface area contributed by atoms with Crippen LogP contribution in [0, 0.1) is 17.0 Å². The van der Waals surface area contributed by atoms with Crippen molar-refractivity contribution >= 4 is 50.7 Å². The third kappa shape index (κ3) is 3.78. The van der Waals surface area contributed by atoms with Gasteiger partial charge in [-0.05, 0) is 55.0 Å². The first kappa shape index (κ1) is 18.3. The molecule has 0 aliphatic rings. The molecular formula is C21H14ClN3O2S. The van der Waals surface area contributed by atoms with Crippen molar-refractivity contribution in [1.82, 2.24) is 4.98 Å². The van der Waals surface area contributed by atoms with Gasteiger partial charge in [-0.1, -0.05) is 17.7 Å². The highest BCUT2D eigenvalue weighted by molar-refractivity contribution is 7.21. The third-order valence-corrected chi connectivity index (χ3v) is 5.61. The average Bonchev–Trinajstić information content (AvgIpc) is 3.10. The zero-order valence-corrected chi connectivity index (χ0v) is 16.4. The number of nitrogens with zero attached hydrogens (tertiary/aromatic N) is 3. The first-order chi connectivity index (χ1) is 13.5. The Bertz CT molecular complexity index is 1220. The summed E-state index contributed by atoms with van der Waals surface area (Å²) in [6.07, 6.45) is 1.53. The zero-order valence-electron chi connectivity index (χ0n) is 14.8. The number of hydrogen-bond donors (Lipinski definition) is 0. The van der Waals surface area contributed by atoms with Crippen molar-refractivity contribution in [2.75, 3.05) is 0 Å². The largest absolute Gasteiger partial charge is 0.270 e. The Morgan fingerprint density at radius 3 is 2.64 bits per heavy atom. The van der Waals surface area contributed by atoms with E-state index in [2.05, 4.69) is 29.0 Å². The lowest BCUT2D eigenvalue weighted by molar-refractivity contribution is -0.384. The molecule has 5 nitrogen and oxygen atoms in total. The maximum atomic E-state index is 10.9. The molecule has 28 heavy (non-hydrogen) atoms. The maximum absolute atomic E-state index is 10.9. The molecule has 0 radical (unpaired) electrons. The lowest BCUT2D eigenvalue weighted by Gasteiger charge is -1.99. The number of thiazole rings is 1. The standard InChI is InChI=1S/C21H14ClN3O2S/c1-13-2-9-19-20(10-13)28-21(24-19)14-3-5-16(6-4-14)23-12-15-11-17(25(26)27)7-8-18(15)22/h2-12H,1H3. The minimum Gasteiger partial charge on any atom is -0.258 e. The Morgan fingerprint density at radius 1 is 1.11 bits per heavy atom. The number of non-ortho nitro benzene ring substituents is 1. The number of benzene rings is 3. The van der Waals surface area contributed by atoms with E-state index in [4.69, 9.17) is 11.6 Å². The fourth-order valence-electron chi connectivity index (χ4n) is 2.73. The summed E-state index contributed by atoms with van der Waals surface area (Å²) in [6, 6.07) is 18.2. The lowest BCUT2D eigenvalue weighted by Crippen LogP contribution is -1.90. The van der Waals surface area contributed by atoms with Crippen LogP contribution < -0.4 is 0 Å². The minimum atomic E-state index is -0.456. The van der Waals surface area contributed by atoms with Crippen LogP contribution in [0.4, 0.5) is 11.4 Å². The van der Waals surface area contributed by atoms with Crippen molar-refractivity contribution in [3.63, 3.8) is 0 Å². The highest BCUT2D eigenvalue weighted by Gasteiger charge is 2.09. The molecule has 0 N–H and O–H groups in total. The molecule has 0 amide bonds. The number of aryl methyl sites for hydroxylation is 1. The average molecular weight is 408 g/mol. The van der Waals surface area contributed by atoms with E-state index in [9.17, 15) is 10.1 Å². The van der Waals surface area contributed by atoms with E-state index in [1.807, 2.05) is 30.3 Å². The molecule has 4 aromatic rings. The van der Waals surface area contributed by atoms with Crippen molar-refractivity contribution in [2.45, 2.75) is 6.92 Å². The van der Waals surface area contributed by atoms with Gasteiger partial charge in [-0.2, -0.15) is 0 Å². The number of nitro groups is 1. The fraction of sp³-hybridized carbons (Fsp3) is 0.0476. The summed E-state index contributed by atoms with van der Waals surface area (Å²) < 4.78 is 1.16. The summed E-state index contributed by atoms with van der Waals surface area (Å²) in [5.41, 5.74) is 4.43. The maximum Gasteiger partial charge on any atom is 0.270 e. The molecule has 1 aromatic heterocycles. The van der Waals surface area contributed by atoms with Crippen molar-refractivity contribution in [1.29, 1.82) is 0 Å². The predicted octanol–water partition coefficient (Wildman–Crippen LogP) is 6.58. The Kier molecular flexibility index (Phi) is 4.90. The Labute approximate surface area is 170 Å². The second kappa shape index (κ2) is 7.50. The second-order valence-electron chi connectivity index (χ2n) is 6.26. The molecule has 7 heteroatoms. The quantitative estimate of drug-likeness (QED) is 0.218. The van der Waals surface area contributed by atoms with Gasteiger partial charge in [0.1, 0.15) is 5.01 Å². The van der Waals surface area contributed by atoms with Crippen molar-refractivity contribution in [3.05, 3.63) is 86.9 Å². The molecule has 0 aliphatic heterocycles. The van der Waals surface area contributed by atoms with Crippen LogP contribution in [0.5, 0.6) is 0 Å². The van der Waals surface area contributed by atoms with Crippen LogP contribution in [0.25, 0.3) is 20.8 Å². The fourth-order valence-corrected chi connectivity index (χ4v) is 3.97. The van der Waals surface area contributed by atoms with Crippen LogP contribution >= 0.6 is 22.9 Å². The van der Waals surface area contributed by atoms with Gasteiger partial charge in [0, 0.05) is 34.5 Å². The van der Waals surface area contributed by atoms with E-state index in [0.717, 1.165) is 26.5 Å². The van der Waals surface area contributed by atoms with Gasteiger partial charge in [0.25, 0.3) is 5.69 Å². The highest BCUT2D eigenvalue weighted by Crippen LogP contribution is 2.31. The summed E-state index contributed by atoms with van der Waals surface area (Å²) in [6.45, 7) is 2.07. The van der Waals surface area contributed by atoms with Gasteiger partial charge in [0.15, 0.2) is 0 Å². The van der Waals surface area contributed by atoms with E-state index in [1.165, 1.54) is 30.0 Å². The zero-order chi connectivity index (χ0) is 19.7. The summed E-state index contributed by atoms with van der Waals surface area (Å²) >= 11 is 7.76. The Morgan fingerprint density at radius 2 is 1.89 bits per heavy atom. The Balaban J connectivity index is 1.58. The molecule has 1 heterocycles. The normalized spacial score (nSPS) is 11.4.